The summed E-state index contributed by atoms with van der Waals surface area (Å²) in [6, 6.07) is 2.54. The van der Waals surface area contributed by atoms with Crippen molar-refractivity contribution in [2.24, 2.45) is 5.92 Å². The van der Waals surface area contributed by atoms with E-state index in [1.807, 2.05) is 23.3 Å². The minimum Gasteiger partial charge on any atom is -0.299 e. The van der Waals surface area contributed by atoms with E-state index in [0.717, 1.165) is 29.5 Å². The summed E-state index contributed by atoms with van der Waals surface area (Å²) in [7, 11) is 0. The van der Waals surface area contributed by atoms with E-state index in [1.54, 1.807) is 11.3 Å². The van der Waals surface area contributed by atoms with Crippen molar-refractivity contribution < 1.29 is 0 Å². The van der Waals surface area contributed by atoms with Crippen LogP contribution in [0.2, 0.25) is 0 Å². The second kappa shape index (κ2) is 6.55. The number of thioether (sulfide) groups is 1. The Morgan fingerprint density at radius 1 is 1.72 bits per heavy atom. The Morgan fingerprint density at radius 2 is 2.61 bits per heavy atom. The topological polar surface area (TPSA) is 48.7 Å². The van der Waals surface area contributed by atoms with Crippen molar-refractivity contribution in [1.82, 2.24) is 10.3 Å². The molecular formula is C13H19N3S2. The summed E-state index contributed by atoms with van der Waals surface area (Å²) in [6.45, 7) is 2.96. The summed E-state index contributed by atoms with van der Waals surface area (Å²) in [4.78, 5) is 4.27. The van der Waals surface area contributed by atoms with Gasteiger partial charge in [0, 0.05) is 17.3 Å². The molecule has 1 aromatic heterocycles. The van der Waals surface area contributed by atoms with Gasteiger partial charge < -0.3 is 0 Å². The molecule has 98 valence electrons. The summed E-state index contributed by atoms with van der Waals surface area (Å²) in [6.07, 6.45) is 6.31. The molecule has 1 aliphatic carbocycles. The summed E-state index contributed by atoms with van der Waals surface area (Å²) in [5.74, 6) is 1.56. The normalized spacial score (nSPS) is 27.2. The van der Waals surface area contributed by atoms with Crippen LogP contribution in [-0.2, 0) is 0 Å². The maximum Gasteiger partial charge on any atom is 0.149 e. The fraction of sp³-hybridized carbons (Fsp3) is 0.692. The molecule has 1 heterocycles. The van der Waals surface area contributed by atoms with Gasteiger partial charge in [-0.3, -0.25) is 5.32 Å². The third kappa shape index (κ3) is 3.05. The molecule has 1 aliphatic rings. The van der Waals surface area contributed by atoms with E-state index in [0.29, 0.717) is 5.92 Å². The van der Waals surface area contributed by atoms with Crippen LogP contribution in [0, 0.1) is 17.2 Å². The van der Waals surface area contributed by atoms with Gasteiger partial charge in [0.15, 0.2) is 0 Å². The lowest BCUT2D eigenvalue weighted by Gasteiger charge is -2.29. The quantitative estimate of drug-likeness (QED) is 0.813. The van der Waals surface area contributed by atoms with Crippen LogP contribution in [-0.4, -0.2) is 22.8 Å². The van der Waals surface area contributed by atoms with Crippen molar-refractivity contribution in [3.05, 3.63) is 11.6 Å². The van der Waals surface area contributed by atoms with Crippen molar-refractivity contribution in [1.29, 1.82) is 5.26 Å². The Bertz CT molecular complexity index is 399. The molecular weight excluding hydrogens is 262 g/mol. The molecule has 0 saturated heterocycles. The van der Waals surface area contributed by atoms with E-state index < -0.39 is 0 Å². The van der Waals surface area contributed by atoms with Gasteiger partial charge in [0.05, 0.1) is 6.07 Å². The predicted molar refractivity (Wildman–Crippen MR) is 76.8 cm³/mol. The third-order valence-corrected chi connectivity index (χ3v) is 5.61. The second-order valence-electron chi connectivity index (χ2n) is 4.64. The molecule has 1 N–H and O–H groups in total. The Kier molecular flexibility index (Phi) is 5.04. The molecule has 3 nitrogen and oxygen atoms in total. The number of hydrogen-bond acceptors (Lipinski definition) is 5. The molecule has 0 aromatic carbocycles. The van der Waals surface area contributed by atoms with Gasteiger partial charge in [-0.2, -0.15) is 5.26 Å². The lowest BCUT2D eigenvalue weighted by molar-refractivity contribution is 0.317. The van der Waals surface area contributed by atoms with Crippen molar-refractivity contribution in [2.45, 2.75) is 42.5 Å². The Balaban J connectivity index is 1.86. The molecule has 5 heteroatoms. The summed E-state index contributed by atoms with van der Waals surface area (Å²) in [5, 5.41) is 14.9. The third-order valence-electron chi connectivity index (χ3n) is 3.61. The van der Waals surface area contributed by atoms with Gasteiger partial charge in [-0.1, -0.05) is 25.1 Å². The molecule has 1 saturated carbocycles. The van der Waals surface area contributed by atoms with E-state index >= 15 is 0 Å². The van der Waals surface area contributed by atoms with Crippen molar-refractivity contribution in [3.63, 3.8) is 0 Å². The summed E-state index contributed by atoms with van der Waals surface area (Å²) >= 11 is 3.51. The lowest BCUT2D eigenvalue weighted by atomic mass is 9.86. The fourth-order valence-corrected chi connectivity index (χ4v) is 4.53. The monoisotopic (exact) mass is 281 g/mol. The average molecular weight is 281 g/mol. The van der Waals surface area contributed by atoms with Crippen LogP contribution in [0.5, 0.6) is 0 Å². The van der Waals surface area contributed by atoms with Gasteiger partial charge in [-0.05, 0) is 31.7 Å². The van der Waals surface area contributed by atoms with Crippen molar-refractivity contribution >= 4 is 23.1 Å². The van der Waals surface area contributed by atoms with E-state index in [2.05, 4.69) is 23.3 Å². The first-order chi connectivity index (χ1) is 8.80. The first kappa shape index (κ1) is 13.9. The van der Waals surface area contributed by atoms with Gasteiger partial charge in [-0.15, -0.1) is 11.3 Å². The number of thiazole rings is 1. The average Bonchev–Trinajstić information content (AvgIpc) is 3.01. The van der Waals surface area contributed by atoms with Crippen LogP contribution in [0.1, 0.15) is 32.6 Å². The zero-order valence-electron chi connectivity index (χ0n) is 10.7. The van der Waals surface area contributed by atoms with Crippen LogP contribution >= 0.6 is 23.1 Å². The molecule has 0 amide bonds. The van der Waals surface area contributed by atoms with E-state index in [4.69, 9.17) is 0 Å². The summed E-state index contributed by atoms with van der Waals surface area (Å²) < 4.78 is 1.14. The Morgan fingerprint density at radius 3 is 3.28 bits per heavy atom. The van der Waals surface area contributed by atoms with E-state index in [-0.39, 0.29) is 5.54 Å². The van der Waals surface area contributed by atoms with Crippen LogP contribution in [0.4, 0.5) is 0 Å². The molecule has 0 radical (unpaired) electrons. The van der Waals surface area contributed by atoms with Crippen LogP contribution in [0.25, 0.3) is 0 Å². The molecule has 1 fully saturated rings. The van der Waals surface area contributed by atoms with Crippen LogP contribution in [0.15, 0.2) is 15.9 Å². The fourth-order valence-electron chi connectivity index (χ4n) is 2.77. The first-order valence-electron chi connectivity index (χ1n) is 6.49. The van der Waals surface area contributed by atoms with Gasteiger partial charge in [0.2, 0.25) is 0 Å². The highest BCUT2D eigenvalue weighted by Gasteiger charge is 2.41. The zero-order chi connectivity index (χ0) is 12.8. The zero-order valence-corrected chi connectivity index (χ0v) is 12.3. The molecule has 2 atom stereocenters. The minimum absolute atomic E-state index is 0.266. The molecule has 18 heavy (non-hydrogen) atoms. The Hall–Kier alpha value is -0.570. The lowest BCUT2D eigenvalue weighted by Crippen LogP contribution is -2.47. The highest BCUT2D eigenvalue weighted by molar-refractivity contribution is 8.00. The largest absolute Gasteiger partial charge is 0.299 e. The van der Waals surface area contributed by atoms with Gasteiger partial charge in [0.25, 0.3) is 0 Å². The first-order valence-corrected chi connectivity index (χ1v) is 8.36. The standard InChI is InChI=1S/C13H19N3S2/c1-2-16-13(10-14)6-3-4-11(13)5-8-17-12-15-7-9-18-12/h7,9,11,16H,2-6,8H2,1H3. The molecule has 0 aliphatic heterocycles. The number of nitrogens with one attached hydrogen (secondary N) is 1. The van der Waals surface area contributed by atoms with Gasteiger partial charge >= 0.3 is 0 Å². The number of nitrogens with zero attached hydrogens (tertiary/aromatic N) is 2. The molecule has 1 aromatic rings. The number of aromatic nitrogens is 1. The highest BCUT2D eigenvalue weighted by atomic mass is 32.2. The predicted octanol–water partition coefficient (Wildman–Crippen LogP) is 3.30. The maximum absolute atomic E-state index is 9.47. The molecule has 2 rings (SSSR count). The van der Waals surface area contributed by atoms with Gasteiger partial charge in [-0.25, -0.2) is 4.98 Å². The van der Waals surface area contributed by atoms with E-state index in [9.17, 15) is 5.26 Å². The smallest absolute Gasteiger partial charge is 0.149 e. The number of rotatable bonds is 6. The Labute approximate surface area is 117 Å². The highest BCUT2D eigenvalue weighted by Crippen LogP contribution is 2.38. The van der Waals surface area contributed by atoms with Crippen molar-refractivity contribution in [3.8, 4) is 6.07 Å². The minimum atomic E-state index is -0.266. The SMILES string of the molecule is CCNC1(C#N)CCCC1CCSc1nccs1. The number of hydrogen-bond donors (Lipinski definition) is 1. The molecule has 0 spiro atoms. The second-order valence-corrected chi connectivity index (χ2v) is 6.87. The van der Waals surface area contributed by atoms with Crippen LogP contribution in [0.3, 0.4) is 0 Å². The molecule has 0 bridgehead atoms. The van der Waals surface area contributed by atoms with Crippen molar-refractivity contribution in [2.75, 3.05) is 12.3 Å². The summed E-state index contributed by atoms with van der Waals surface area (Å²) in [5.41, 5.74) is -0.266. The van der Waals surface area contributed by atoms with Crippen LogP contribution < -0.4 is 5.32 Å². The number of nitriles is 1. The van der Waals surface area contributed by atoms with E-state index in [1.165, 1.54) is 12.8 Å². The van der Waals surface area contributed by atoms with Gasteiger partial charge in [0.1, 0.15) is 9.88 Å². The molecule has 2 unspecified atom stereocenters. The maximum atomic E-state index is 9.47.